The highest BCUT2D eigenvalue weighted by Gasteiger charge is 2.19. The SMILES string of the molecule is Cc1ccc(S(=O)(=O)Oc2nsc(Nc3ccccc3)n2)cc1. The summed E-state index contributed by atoms with van der Waals surface area (Å²) in [4.78, 5) is 4.09. The lowest BCUT2D eigenvalue weighted by Crippen LogP contribution is -2.10. The standard InChI is InChI=1S/C15H13N3O3S2/c1-11-7-9-13(10-8-11)23(19,20)21-14-17-15(22-18-14)16-12-5-3-2-4-6-12/h2-10H,1H3,(H,16,17,18). The van der Waals surface area contributed by atoms with Crippen molar-refractivity contribution < 1.29 is 12.6 Å². The first-order valence-electron chi connectivity index (χ1n) is 6.70. The molecule has 6 nitrogen and oxygen atoms in total. The Morgan fingerprint density at radius 1 is 1.04 bits per heavy atom. The Bertz CT molecular complexity index is 891. The first kappa shape index (κ1) is 15.4. The fourth-order valence-corrected chi connectivity index (χ4v) is 3.20. The predicted octanol–water partition coefficient (Wildman–Crippen LogP) is 3.36. The molecular formula is C15H13N3O3S2. The van der Waals surface area contributed by atoms with Gasteiger partial charge in [0.1, 0.15) is 4.90 Å². The van der Waals surface area contributed by atoms with Crippen molar-refractivity contribution in [3.8, 4) is 6.01 Å². The van der Waals surface area contributed by atoms with Gasteiger partial charge in [-0.2, -0.15) is 13.4 Å². The van der Waals surface area contributed by atoms with E-state index in [-0.39, 0.29) is 10.9 Å². The van der Waals surface area contributed by atoms with E-state index in [1.807, 2.05) is 37.3 Å². The Labute approximate surface area is 138 Å². The smallest absolute Gasteiger partial charge is 0.339 e. The molecule has 0 radical (unpaired) electrons. The average molecular weight is 347 g/mol. The van der Waals surface area contributed by atoms with E-state index in [9.17, 15) is 8.42 Å². The van der Waals surface area contributed by atoms with Gasteiger partial charge in [-0.1, -0.05) is 35.9 Å². The van der Waals surface area contributed by atoms with Crippen LogP contribution in [-0.4, -0.2) is 17.8 Å². The molecule has 3 aromatic rings. The summed E-state index contributed by atoms with van der Waals surface area (Å²) in [6.45, 7) is 1.88. The number of benzene rings is 2. The number of aromatic nitrogens is 2. The van der Waals surface area contributed by atoms with Gasteiger partial charge in [-0.15, -0.1) is 4.37 Å². The summed E-state index contributed by atoms with van der Waals surface area (Å²) in [6.07, 6.45) is 0. The molecule has 0 bridgehead atoms. The van der Waals surface area contributed by atoms with Crippen molar-refractivity contribution in [2.75, 3.05) is 5.32 Å². The van der Waals surface area contributed by atoms with Crippen LogP contribution in [0.5, 0.6) is 6.01 Å². The molecule has 0 amide bonds. The van der Waals surface area contributed by atoms with Gasteiger partial charge in [-0.05, 0) is 31.2 Å². The first-order valence-corrected chi connectivity index (χ1v) is 8.88. The molecule has 0 atom stereocenters. The second-order valence-electron chi connectivity index (χ2n) is 4.72. The van der Waals surface area contributed by atoms with Crippen LogP contribution in [0.2, 0.25) is 0 Å². The monoisotopic (exact) mass is 347 g/mol. The maximum atomic E-state index is 12.2. The lowest BCUT2D eigenvalue weighted by molar-refractivity contribution is 0.469. The minimum Gasteiger partial charge on any atom is -0.339 e. The topological polar surface area (TPSA) is 81.2 Å². The van der Waals surface area contributed by atoms with Gasteiger partial charge in [-0.25, -0.2) is 0 Å². The molecule has 8 heteroatoms. The van der Waals surface area contributed by atoms with Gasteiger partial charge in [0.15, 0.2) is 0 Å². The van der Waals surface area contributed by atoms with Gasteiger partial charge >= 0.3 is 16.1 Å². The number of nitrogens with zero attached hydrogens (tertiary/aromatic N) is 2. The van der Waals surface area contributed by atoms with Gasteiger partial charge in [0, 0.05) is 17.2 Å². The molecular weight excluding hydrogens is 334 g/mol. The molecule has 0 spiro atoms. The van der Waals surface area contributed by atoms with Crippen LogP contribution < -0.4 is 9.50 Å². The highest BCUT2D eigenvalue weighted by Crippen LogP contribution is 2.23. The van der Waals surface area contributed by atoms with Crippen molar-refractivity contribution in [3.05, 3.63) is 60.2 Å². The summed E-state index contributed by atoms with van der Waals surface area (Å²) in [5, 5.41) is 3.48. The number of para-hydroxylation sites is 1. The molecule has 0 saturated heterocycles. The minimum absolute atomic E-state index is 0.0652. The number of nitrogens with one attached hydrogen (secondary N) is 1. The zero-order chi connectivity index (χ0) is 16.3. The van der Waals surface area contributed by atoms with Gasteiger partial charge in [0.2, 0.25) is 5.13 Å². The third-order valence-corrected chi connectivity index (χ3v) is 4.76. The summed E-state index contributed by atoms with van der Waals surface area (Å²) in [5.41, 5.74) is 1.79. The van der Waals surface area contributed by atoms with Crippen molar-refractivity contribution in [2.45, 2.75) is 11.8 Å². The molecule has 1 aromatic heterocycles. The summed E-state index contributed by atoms with van der Waals surface area (Å²) in [5.74, 6) is 0. The first-order chi connectivity index (χ1) is 11.0. The van der Waals surface area contributed by atoms with Crippen LogP contribution >= 0.6 is 11.5 Å². The second-order valence-corrected chi connectivity index (χ2v) is 7.02. The fraction of sp³-hybridized carbons (Fsp3) is 0.0667. The number of hydrogen-bond donors (Lipinski definition) is 1. The van der Waals surface area contributed by atoms with Crippen molar-refractivity contribution in [2.24, 2.45) is 0 Å². The van der Waals surface area contributed by atoms with Crippen LogP contribution in [-0.2, 0) is 10.1 Å². The molecule has 0 saturated carbocycles. The normalized spacial score (nSPS) is 11.2. The van der Waals surface area contributed by atoms with Crippen LogP contribution in [0.15, 0.2) is 59.5 Å². The Hall–Kier alpha value is -2.45. The van der Waals surface area contributed by atoms with Crippen molar-refractivity contribution >= 4 is 32.5 Å². The number of hydrogen-bond acceptors (Lipinski definition) is 7. The molecule has 0 aliphatic rings. The molecule has 1 heterocycles. The Morgan fingerprint density at radius 2 is 1.74 bits per heavy atom. The summed E-state index contributed by atoms with van der Waals surface area (Å²) in [7, 11) is -3.94. The quantitative estimate of drug-likeness (QED) is 0.713. The third-order valence-electron chi connectivity index (χ3n) is 2.93. The zero-order valence-electron chi connectivity index (χ0n) is 12.1. The predicted molar refractivity (Wildman–Crippen MR) is 88.6 cm³/mol. The molecule has 1 N–H and O–H groups in total. The Morgan fingerprint density at radius 3 is 2.43 bits per heavy atom. The lowest BCUT2D eigenvalue weighted by Gasteiger charge is -2.03. The maximum absolute atomic E-state index is 12.2. The van der Waals surface area contributed by atoms with Crippen molar-refractivity contribution in [1.29, 1.82) is 0 Å². The van der Waals surface area contributed by atoms with E-state index < -0.39 is 10.1 Å². The van der Waals surface area contributed by atoms with E-state index in [1.165, 1.54) is 12.1 Å². The molecule has 118 valence electrons. The molecule has 0 fully saturated rings. The minimum atomic E-state index is -3.94. The largest absolute Gasteiger partial charge is 0.346 e. The van der Waals surface area contributed by atoms with E-state index in [0.29, 0.717) is 5.13 Å². The lowest BCUT2D eigenvalue weighted by atomic mass is 10.2. The van der Waals surface area contributed by atoms with E-state index in [1.54, 1.807) is 12.1 Å². The van der Waals surface area contributed by atoms with Crippen LogP contribution in [0.25, 0.3) is 0 Å². The van der Waals surface area contributed by atoms with Gasteiger partial charge < -0.3 is 9.50 Å². The highest BCUT2D eigenvalue weighted by atomic mass is 32.2. The van der Waals surface area contributed by atoms with E-state index >= 15 is 0 Å². The summed E-state index contributed by atoms with van der Waals surface area (Å²) < 4.78 is 33.2. The Balaban J connectivity index is 1.74. The number of rotatable bonds is 5. The molecule has 23 heavy (non-hydrogen) atoms. The Kier molecular flexibility index (Phi) is 4.26. The molecule has 0 aliphatic carbocycles. The van der Waals surface area contributed by atoms with Crippen LogP contribution in [0.1, 0.15) is 5.56 Å². The summed E-state index contributed by atoms with van der Waals surface area (Å²) in [6, 6.07) is 15.6. The zero-order valence-corrected chi connectivity index (χ0v) is 13.8. The molecule has 0 unspecified atom stereocenters. The second kappa shape index (κ2) is 6.35. The van der Waals surface area contributed by atoms with Gasteiger partial charge in [0.05, 0.1) is 0 Å². The van der Waals surface area contributed by atoms with Crippen LogP contribution in [0.3, 0.4) is 0 Å². The highest BCUT2D eigenvalue weighted by molar-refractivity contribution is 7.87. The summed E-state index contributed by atoms with van der Waals surface area (Å²) >= 11 is 1.02. The number of anilines is 2. The van der Waals surface area contributed by atoms with Crippen LogP contribution in [0.4, 0.5) is 10.8 Å². The maximum Gasteiger partial charge on any atom is 0.346 e. The van der Waals surface area contributed by atoms with E-state index in [2.05, 4.69) is 14.7 Å². The molecule has 2 aromatic carbocycles. The third kappa shape index (κ3) is 3.85. The van der Waals surface area contributed by atoms with E-state index in [0.717, 1.165) is 22.8 Å². The number of aryl methyl sites for hydroxylation is 1. The molecule has 3 rings (SSSR count). The fourth-order valence-electron chi connectivity index (χ4n) is 1.79. The van der Waals surface area contributed by atoms with Gasteiger partial charge in [-0.3, -0.25) is 0 Å². The van der Waals surface area contributed by atoms with Crippen molar-refractivity contribution in [3.63, 3.8) is 0 Å². The molecule has 0 aliphatic heterocycles. The van der Waals surface area contributed by atoms with Crippen LogP contribution in [0, 0.1) is 6.92 Å². The van der Waals surface area contributed by atoms with Gasteiger partial charge in [0.25, 0.3) is 0 Å². The van der Waals surface area contributed by atoms with E-state index in [4.69, 9.17) is 4.18 Å². The average Bonchev–Trinajstić information content (AvgIpc) is 2.95. The van der Waals surface area contributed by atoms with Crippen molar-refractivity contribution in [1.82, 2.24) is 9.36 Å².